The van der Waals surface area contributed by atoms with E-state index in [1.807, 2.05) is 6.92 Å². The van der Waals surface area contributed by atoms with Crippen molar-refractivity contribution in [3.05, 3.63) is 23.5 Å². The molecule has 1 aromatic rings. The lowest BCUT2D eigenvalue weighted by atomic mass is 9.92. The molecular weight excluding hydrogens is 284 g/mol. The molecule has 1 aliphatic rings. The second-order valence-corrected chi connectivity index (χ2v) is 5.63. The number of amides is 2. The number of nitrogens with one attached hydrogen (secondary N) is 1. The number of nitrogens with zero attached hydrogens (tertiary/aromatic N) is 3. The van der Waals surface area contributed by atoms with Gasteiger partial charge in [-0.2, -0.15) is 5.10 Å². The summed E-state index contributed by atoms with van der Waals surface area (Å²) in [5.74, 6) is -0.308. The summed E-state index contributed by atoms with van der Waals surface area (Å²) in [5.41, 5.74) is 0.440. The third-order valence-electron chi connectivity index (χ3n) is 4.04. The molecule has 0 radical (unpaired) electrons. The van der Waals surface area contributed by atoms with E-state index in [2.05, 4.69) is 15.5 Å². The van der Waals surface area contributed by atoms with Gasteiger partial charge in [0.2, 0.25) is 5.91 Å². The van der Waals surface area contributed by atoms with Crippen LogP contribution in [0.1, 0.15) is 35.4 Å². The Hall–Kier alpha value is -2.02. The van der Waals surface area contributed by atoms with E-state index in [1.54, 1.807) is 31.2 Å². The first-order chi connectivity index (χ1) is 10.5. The molecule has 0 unspecified atom stereocenters. The molecule has 0 saturated carbocycles. The fraction of sp³-hybridized carbons (Fsp3) is 0.600. The van der Waals surface area contributed by atoms with E-state index in [9.17, 15) is 9.59 Å². The normalized spacial score (nSPS) is 21.0. The Morgan fingerprint density at radius 1 is 1.41 bits per heavy atom. The molecule has 1 atom stereocenters. The molecular formula is C15H22N4O3. The van der Waals surface area contributed by atoms with Crippen LogP contribution >= 0.6 is 0 Å². The molecule has 1 aliphatic heterocycles. The lowest BCUT2D eigenvalue weighted by molar-refractivity contribution is -0.123. The first-order valence-corrected chi connectivity index (χ1v) is 7.34. The smallest absolute Gasteiger partial charge is 0.274 e. The summed E-state index contributed by atoms with van der Waals surface area (Å²) in [4.78, 5) is 26.3. The molecule has 1 fully saturated rings. The Kier molecular flexibility index (Phi) is 5.07. The zero-order chi connectivity index (χ0) is 16.2. The van der Waals surface area contributed by atoms with Gasteiger partial charge in [-0.1, -0.05) is 0 Å². The van der Waals surface area contributed by atoms with Gasteiger partial charge < -0.3 is 15.0 Å². The molecule has 22 heavy (non-hydrogen) atoms. The number of ether oxygens (including phenoxy) is 1. The predicted molar refractivity (Wildman–Crippen MR) is 80.3 cm³/mol. The molecule has 2 amide bonds. The lowest BCUT2D eigenvalue weighted by Crippen LogP contribution is -2.53. The van der Waals surface area contributed by atoms with Gasteiger partial charge in [-0.3, -0.25) is 9.59 Å². The SMILES string of the molecule is CNC(=O)C[C@]1(COC)CCCN1C(=O)c1ccc(C)nn1. The Balaban J connectivity index is 2.27. The molecule has 7 nitrogen and oxygen atoms in total. The van der Waals surface area contributed by atoms with E-state index in [1.165, 1.54) is 0 Å². The van der Waals surface area contributed by atoms with Crippen LogP contribution in [0, 0.1) is 6.92 Å². The molecule has 0 spiro atoms. The molecule has 120 valence electrons. The highest BCUT2D eigenvalue weighted by atomic mass is 16.5. The molecule has 0 aromatic carbocycles. The monoisotopic (exact) mass is 306 g/mol. The van der Waals surface area contributed by atoms with Gasteiger partial charge in [-0.25, -0.2) is 0 Å². The standard InChI is InChI=1S/C15H22N4O3/c1-11-5-6-12(18-17-11)14(21)19-8-4-7-15(19,10-22-3)9-13(20)16-2/h5-6H,4,7-10H2,1-3H3,(H,16,20)/t15-/m0/s1. The number of likely N-dealkylation sites (tertiary alicyclic amines) is 1. The number of hydrogen-bond acceptors (Lipinski definition) is 5. The summed E-state index contributed by atoms with van der Waals surface area (Å²) < 4.78 is 5.30. The van der Waals surface area contributed by atoms with E-state index in [0.29, 0.717) is 18.8 Å². The minimum Gasteiger partial charge on any atom is -0.382 e. The van der Waals surface area contributed by atoms with Crippen molar-refractivity contribution >= 4 is 11.8 Å². The summed E-state index contributed by atoms with van der Waals surface area (Å²) in [6.45, 7) is 2.73. The minimum absolute atomic E-state index is 0.105. The number of carbonyl (C=O) groups is 2. The summed E-state index contributed by atoms with van der Waals surface area (Å²) in [6, 6.07) is 3.42. The maximum Gasteiger partial charge on any atom is 0.274 e. The highest BCUT2D eigenvalue weighted by Crippen LogP contribution is 2.34. The van der Waals surface area contributed by atoms with Gasteiger partial charge in [0.05, 0.1) is 24.3 Å². The number of rotatable bonds is 5. The number of hydrogen-bond donors (Lipinski definition) is 1. The van der Waals surface area contributed by atoms with Gasteiger partial charge in [0, 0.05) is 20.7 Å². The van der Waals surface area contributed by atoms with Gasteiger partial charge in [0.1, 0.15) is 0 Å². The summed E-state index contributed by atoms with van der Waals surface area (Å²) >= 11 is 0. The molecule has 1 saturated heterocycles. The average molecular weight is 306 g/mol. The second kappa shape index (κ2) is 6.83. The van der Waals surface area contributed by atoms with E-state index < -0.39 is 5.54 Å². The van der Waals surface area contributed by atoms with E-state index in [-0.39, 0.29) is 18.2 Å². The first kappa shape index (κ1) is 16.4. The molecule has 1 N–H and O–H groups in total. The third kappa shape index (κ3) is 3.24. The van der Waals surface area contributed by atoms with Crippen LogP contribution in [0.3, 0.4) is 0 Å². The highest BCUT2D eigenvalue weighted by molar-refractivity contribution is 5.93. The van der Waals surface area contributed by atoms with Crippen LogP contribution in [0.15, 0.2) is 12.1 Å². The van der Waals surface area contributed by atoms with Crippen LogP contribution < -0.4 is 5.32 Å². The van der Waals surface area contributed by atoms with Crippen LogP contribution in [-0.4, -0.2) is 59.8 Å². The van der Waals surface area contributed by atoms with Crippen LogP contribution in [0.2, 0.25) is 0 Å². The maximum absolute atomic E-state index is 12.8. The topological polar surface area (TPSA) is 84.4 Å². The zero-order valence-corrected chi connectivity index (χ0v) is 13.3. The molecule has 2 heterocycles. The maximum atomic E-state index is 12.8. The van der Waals surface area contributed by atoms with Crippen molar-refractivity contribution in [1.82, 2.24) is 20.4 Å². The molecule has 7 heteroatoms. The summed E-state index contributed by atoms with van der Waals surface area (Å²) in [5, 5.41) is 10.5. The van der Waals surface area contributed by atoms with Crippen molar-refractivity contribution < 1.29 is 14.3 Å². The van der Waals surface area contributed by atoms with Gasteiger partial charge in [-0.05, 0) is 31.9 Å². The van der Waals surface area contributed by atoms with Gasteiger partial charge >= 0.3 is 0 Å². The summed E-state index contributed by atoms with van der Waals surface area (Å²) in [6.07, 6.45) is 1.80. The number of aryl methyl sites for hydroxylation is 1. The highest BCUT2D eigenvalue weighted by Gasteiger charge is 2.45. The third-order valence-corrected chi connectivity index (χ3v) is 4.04. The predicted octanol–water partition coefficient (Wildman–Crippen LogP) is 0.542. The minimum atomic E-state index is -0.613. The van der Waals surface area contributed by atoms with Crippen LogP contribution in [0.25, 0.3) is 0 Å². The zero-order valence-electron chi connectivity index (χ0n) is 13.3. The van der Waals surface area contributed by atoms with Gasteiger partial charge in [0.15, 0.2) is 5.69 Å². The number of methoxy groups -OCH3 is 1. The van der Waals surface area contributed by atoms with Crippen molar-refractivity contribution in [2.45, 2.75) is 31.7 Å². The van der Waals surface area contributed by atoms with E-state index in [0.717, 1.165) is 18.5 Å². The van der Waals surface area contributed by atoms with Crippen molar-refractivity contribution in [3.63, 3.8) is 0 Å². The van der Waals surface area contributed by atoms with E-state index >= 15 is 0 Å². The second-order valence-electron chi connectivity index (χ2n) is 5.63. The largest absolute Gasteiger partial charge is 0.382 e. The van der Waals surface area contributed by atoms with Crippen molar-refractivity contribution in [1.29, 1.82) is 0 Å². The number of carbonyl (C=O) groups excluding carboxylic acids is 2. The Bertz CT molecular complexity index is 546. The Morgan fingerprint density at radius 2 is 2.18 bits per heavy atom. The van der Waals surface area contributed by atoms with Crippen molar-refractivity contribution in [3.8, 4) is 0 Å². The average Bonchev–Trinajstić information content (AvgIpc) is 2.90. The fourth-order valence-corrected chi connectivity index (χ4v) is 2.95. The van der Waals surface area contributed by atoms with E-state index in [4.69, 9.17) is 4.74 Å². The quantitative estimate of drug-likeness (QED) is 0.858. The first-order valence-electron chi connectivity index (χ1n) is 7.34. The van der Waals surface area contributed by atoms with Crippen molar-refractivity contribution in [2.24, 2.45) is 0 Å². The fourth-order valence-electron chi connectivity index (χ4n) is 2.95. The molecule has 0 aliphatic carbocycles. The molecule has 0 bridgehead atoms. The van der Waals surface area contributed by atoms with Gasteiger partial charge in [-0.15, -0.1) is 5.10 Å². The van der Waals surface area contributed by atoms with Gasteiger partial charge in [0.25, 0.3) is 5.91 Å². The molecule has 2 rings (SSSR count). The number of aromatic nitrogens is 2. The Morgan fingerprint density at radius 3 is 2.77 bits per heavy atom. The van der Waals surface area contributed by atoms with Crippen LogP contribution in [-0.2, 0) is 9.53 Å². The molecule has 1 aromatic heterocycles. The summed E-state index contributed by atoms with van der Waals surface area (Å²) in [7, 11) is 3.17. The lowest BCUT2D eigenvalue weighted by Gasteiger charge is -2.37. The Labute approximate surface area is 130 Å². The van der Waals surface area contributed by atoms with Crippen LogP contribution in [0.5, 0.6) is 0 Å². The van der Waals surface area contributed by atoms with Crippen molar-refractivity contribution in [2.75, 3.05) is 27.3 Å². The van der Waals surface area contributed by atoms with Crippen LogP contribution in [0.4, 0.5) is 0 Å².